The highest BCUT2D eigenvalue weighted by molar-refractivity contribution is 5.92. The molecule has 5 nitrogen and oxygen atoms in total. The van der Waals surface area contributed by atoms with Crippen molar-refractivity contribution in [1.82, 2.24) is 10.2 Å². The number of rotatable bonds is 2. The summed E-state index contributed by atoms with van der Waals surface area (Å²) in [5.74, 6) is -0.0737. The van der Waals surface area contributed by atoms with E-state index in [1.54, 1.807) is 11.8 Å². The first-order valence-electron chi connectivity index (χ1n) is 7.20. The molecule has 2 saturated heterocycles. The van der Waals surface area contributed by atoms with Gasteiger partial charge in [-0.05, 0) is 39.0 Å². The zero-order valence-electron chi connectivity index (χ0n) is 11.5. The third kappa shape index (κ3) is 3.33. The molecule has 0 aromatic rings. The zero-order chi connectivity index (χ0) is 13.8. The van der Waals surface area contributed by atoms with Gasteiger partial charge in [0.15, 0.2) is 5.78 Å². The molecule has 0 saturated carbocycles. The molecule has 0 aromatic heterocycles. The van der Waals surface area contributed by atoms with Crippen molar-refractivity contribution in [3.05, 3.63) is 0 Å². The fraction of sp³-hybridized carbons (Fsp3) is 0.786. The summed E-state index contributed by atoms with van der Waals surface area (Å²) in [4.78, 5) is 37.4. The summed E-state index contributed by atoms with van der Waals surface area (Å²) in [6.07, 6.45) is 5.59. The lowest BCUT2D eigenvalue weighted by Gasteiger charge is -2.36. The van der Waals surface area contributed by atoms with E-state index in [-0.39, 0.29) is 23.6 Å². The zero-order valence-corrected chi connectivity index (χ0v) is 11.5. The largest absolute Gasteiger partial charge is 0.344 e. The number of amides is 2. The van der Waals surface area contributed by atoms with Crippen LogP contribution < -0.4 is 5.32 Å². The van der Waals surface area contributed by atoms with E-state index in [0.717, 1.165) is 32.1 Å². The highest BCUT2D eigenvalue weighted by Gasteiger charge is 2.34. The number of nitrogens with zero attached hydrogens (tertiary/aromatic N) is 1. The Morgan fingerprint density at radius 1 is 1.16 bits per heavy atom. The van der Waals surface area contributed by atoms with E-state index in [2.05, 4.69) is 5.32 Å². The van der Waals surface area contributed by atoms with Crippen LogP contribution in [0.1, 0.15) is 51.9 Å². The molecular formula is C14H22N2O3. The molecule has 106 valence electrons. The Labute approximate surface area is 113 Å². The van der Waals surface area contributed by atoms with Gasteiger partial charge >= 0.3 is 0 Å². The Morgan fingerprint density at radius 3 is 2.63 bits per heavy atom. The van der Waals surface area contributed by atoms with Crippen LogP contribution in [-0.2, 0) is 14.4 Å². The standard InChI is InChI=1S/C14H22N2O3/c1-10(17)12-7-4-5-9-16(12)14(19)11-6-2-3-8-13(18)15-11/h11-12H,2-9H2,1H3,(H,15,18)/t11-,12+/m1/s1. The summed E-state index contributed by atoms with van der Waals surface area (Å²) in [6.45, 7) is 2.18. The fourth-order valence-electron chi connectivity index (χ4n) is 2.98. The molecular weight excluding hydrogens is 244 g/mol. The van der Waals surface area contributed by atoms with Crippen LogP contribution in [0.15, 0.2) is 0 Å². The van der Waals surface area contributed by atoms with E-state index in [0.29, 0.717) is 19.4 Å². The first kappa shape index (κ1) is 14.0. The van der Waals surface area contributed by atoms with Gasteiger partial charge in [-0.2, -0.15) is 0 Å². The number of likely N-dealkylation sites (tertiary alicyclic amines) is 1. The fourth-order valence-corrected chi connectivity index (χ4v) is 2.98. The molecule has 0 spiro atoms. The second-order valence-corrected chi connectivity index (χ2v) is 5.52. The second kappa shape index (κ2) is 6.17. The van der Waals surface area contributed by atoms with Crippen LogP contribution in [0.2, 0.25) is 0 Å². The minimum Gasteiger partial charge on any atom is -0.344 e. The van der Waals surface area contributed by atoms with Gasteiger partial charge in [-0.15, -0.1) is 0 Å². The molecule has 2 rings (SSSR count). The number of nitrogens with one attached hydrogen (secondary N) is 1. The summed E-state index contributed by atoms with van der Waals surface area (Å²) in [5.41, 5.74) is 0. The quantitative estimate of drug-likeness (QED) is 0.811. The minimum atomic E-state index is -0.435. The van der Waals surface area contributed by atoms with E-state index in [1.807, 2.05) is 0 Å². The minimum absolute atomic E-state index is 0.0489. The van der Waals surface area contributed by atoms with E-state index >= 15 is 0 Å². The molecule has 2 heterocycles. The Morgan fingerprint density at radius 2 is 1.89 bits per heavy atom. The third-order valence-corrected chi connectivity index (χ3v) is 4.04. The van der Waals surface area contributed by atoms with E-state index in [4.69, 9.17) is 0 Å². The molecule has 2 aliphatic heterocycles. The van der Waals surface area contributed by atoms with E-state index in [9.17, 15) is 14.4 Å². The van der Waals surface area contributed by atoms with Gasteiger partial charge in [0, 0.05) is 13.0 Å². The van der Waals surface area contributed by atoms with Crippen molar-refractivity contribution in [2.45, 2.75) is 64.0 Å². The van der Waals surface area contributed by atoms with Crippen molar-refractivity contribution in [3.63, 3.8) is 0 Å². The van der Waals surface area contributed by atoms with Crippen molar-refractivity contribution >= 4 is 17.6 Å². The Kier molecular flexibility index (Phi) is 4.56. The summed E-state index contributed by atoms with van der Waals surface area (Å²) < 4.78 is 0. The molecule has 0 aliphatic carbocycles. The van der Waals surface area contributed by atoms with Gasteiger partial charge < -0.3 is 10.2 Å². The molecule has 19 heavy (non-hydrogen) atoms. The lowest BCUT2D eigenvalue weighted by Crippen LogP contribution is -2.54. The maximum atomic E-state index is 12.5. The lowest BCUT2D eigenvalue weighted by atomic mass is 9.97. The normalized spacial score (nSPS) is 28.5. The predicted molar refractivity (Wildman–Crippen MR) is 70.4 cm³/mol. The molecule has 2 aliphatic rings. The van der Waals surface area contributed by atoms with Crippen molar-refractivity contribution in [1.29, 1.82) is 0 Å². The first-order valence-corrected chi connectivity index (χ1v) is 7.20. The van der Waals surface area contributed by atoms with Crippen LogP contribution in [0.4, 0.5) is 0 Å². The lowest BCUT2D eigenvalue weighted by molar-refractivity contribution is -0.143. The SMILES string of the molecule is CC(=O)[C@@H]1CCCCN1C(=O)[C@H]1CCCCC(=O)N1. The van der Waals surface area contributed by atoms with Crippen LogP contribution in [0.3, 0.4) is 0 Å². The maximum absolute atomic E-state index is 12.5. The van der Waals surface area contributed by atoms with Crippen LogP contribution in [-0.4, -0.2) is 41.1 Å². The second-order valence-electron chi connectivity index (χ2n) is 5.52. The Balaban J connectivity index is 2.07. The molecule has 0 unspecified atom stereocenters. The number of ketones is 1. The molecule has 2 amide bonds. The first-order chi connectivity index (χ1) is 9.09. The number of hydrogen-bond acceptors (Lipinski definition) is 3. The molecule has 0 radical (unpaired) electrons. The van der Waals surface area contributed by atoms with Crippen molar-refractivity contribution in [2.24, 2.45) is 0 Å². The van der Waals surface area contributed by atoms with Gasteiger partial charge in [0.25, 0.3) is 0 Å². The number of Topliss-reactive ketones (excluding diaryl/α,β-unsaturated/α-hetero) is 1. The van der Waals surface area contributed by atoms with Crippen molar-refractivity contribution < 1.29 is 14.4 Å². The maximum Gasteiger partial charge on any atom is 0.245 e. The molecule has 2 fully saturated rings. The topological polar surface area (TPSA) is 66.5 Å². The highest BCUT2D eigenvalue weighted by atomic mass is 16.2. The average Bonchev–Trinajstić information content (AvgIpc) is 2.62. The van der Waals surface area contributed by atoms with Crippen LogP contribution in [0, 0.1) is 0 Å². The monoisotopic (exact) mass is 266 g/mol. The molecule has 1 N–H and O–H groups in total. The van der Waals surface area contributed by atoms with Crippen LogP contribution in [0.5, 0.6) is 0 Å². The van der Waals surface area contributed by atoms with Gasteiger partial charge in [-0.1, -0.05) is 6.42 Å². The van der Waals surface area contributed by atoms with Gasteiger partial charge in [0.1, 0.15) is 6.04 Å². The van der Waals surface area contributed by atoms with E-state index < -0.39 is 6.04 Å². The highest BCUT2D eigenvalue weighted by Crippen LogP contribution is 2.21. The smallest absolute Gasteiger partial charge is 0.245 e. The Hall–Kier alpha value is -1.39. The molecule has 0 aromatic carbocycles. The van der Waals surface area contributed by atoms with Crippen molar-refractivity contribution in [2.75, 3.05) is 6.54 Å². The van der Waals surface area contributed by atoms with Gasteiger partial charge in [-0.3, -0.25) is 14.4 Å². The average molecular weight is 266 g/mol. The van der Waals surface area contributed by atoms with Crippen molar-refractivity contribution in [3.8, 4) is 0 Å². The van der Waals surface area contributed by atoms with Crippen LogP contribution in [0.25, 0.3) is 0 Å². The van der Waals surface area contributed by atoms with Gasteiger partial charge in [-0.25, -0.2) is 0 Å². The van der Waals surface area contributed by atoms with Gasteiger partial charge in [0.2, 0.25) is 11.8 Å². The van der Waals surface area contributed by atoms with Crippen LogP contribution >= 0.6 is 0 Å². The summed E-state index contributed by atoms with van der Waals surface area (Å²) in [5, 5.41) is 2.79. The van der Waals surface area contributed by atoms with E-state index in [1.165, 1.54) is 0 Å². The third-order valence-electron chi connectivity index (χ3n) is 4.04. The number of carbonyl (C=O) groups excluding carboxylic acids is 3. The summed E-state index contributed by atoms with van der Waals surface area (Å²) >= 11 is 0. The number of carbonyl (C=O) groups is 3. The Bertz CT molecular complexity index is 381. The summed E-state index contributed by atoms with van der Waals surface area (Å²) in [6, 6.07) is -0.726. The molecule has 2 atom stereocenters. The number of piperidine rings is 1. The van der Waals surface area contributed by atoms with Gasteiger partial charge in [0.05, 0.1) is 6.04 Å². The molecule has 5 heteroatoms. The summed E-state index contributed by atoms with van der Waals surface area (Å²) in [7, 11) is 0. The predicted octanol–water partition coefficient (Wildman–Crippen LogP) is 1.02. The number of hydrogen-bond donors (Lipinski definition) is 1. The molecule has 0 bridgehead atoms.